The number of carbonyl (C=O) groups is 3. The number of hydrogen-bond acceptors (Lipinski definition) is 5. The molecular formula is C19H18F3NO5S. The van der Waals surface area contributed by atoms with Crippen molar-refractivity contribution in [3.05, 3.63) is 51.4 Å². The Morgan fingerprint density at radius 1 is 1.21 bits per heavy atom. The summed E-state index contributed by atoms with van der Waals surface area (Å²) in [5.74, 6) is -3.42. The summed E-state index contributed by atoms with van der Waals surface area (Å²) in [6.07, 6.45) is -4.21. The van der Waals surface area contributed by atoms with E-state index in [1.807, 2.05) is 0 Å². The molecule has 0 saturated heterocycles. The van der Waals surface area contributed by atoms with E-state index in [1.54, 1.807) is 6.92 Å². The molecule has 0 bridgehead atoms. The zero-order valence-corrected chi connectivity index (χ0v) is 16.5. The van der Waals surface area contributed by atoms with Crippen LogP contribution in [-0.4, -0.2) is 30.1 Å². The van der Waals surface area contributed by atoms with Gasteiger partial charge in [-0.2, -0.15) is 13.2 Å². The second kappa shape index (κ2) is 8.64. The molecule has 0 spiro atoms. The van der Waals surface area contributed by atoms with Gasteiger partial charge in [-0.3, -0.25) is 4.79 Å². The molecule has 0 radical (unpaired) electrons. The number of rotatable bonds is 6. The van der Waals surface area contributed by atoms with E-state index in [0.717, 1.165) is 19.2 Å². The van der Waals surface area contributed by atoms with Gasteiger partial charge in [-0.05, 0) is 36.6 Å². The molecule has 156 valence electrons. The van der Waals surface area contributed by atoms with Crippen molar-refractivity contribution in [3.8, 4) is 0 Å². The molecule has 0 aliphatic heterocycles. The minimum Gasteiger partial charge on any atom is -0.477 e. The van der Waals surface area contributed by atoms with Crippen molar-refractivity contribution >= 4 is 34.2 Å². The Labute approximate surface area is 168 Å². The molecule has 0 fully saturated rings. The highest BCUT2D eigenvalue weighted by atomic mass is 32.1. The van der Waals surface area contributed by atoms with Gasteiger partial charge in [0.15, 0.2) is 0 Å². The number of ether oxygens (including phenoxy) is 1. The highest BCUT2D eigenvalue weighted by molar-refractivity contribution is 7.18. The van der Waals surface area contributed by atoms with Crippen molar-refractivity contribution in [2.24, 2.45) is 0 Å². The van der Waals surface area contributed by atoms with Gasteiger partial charge in [-0.25, -0.2) is 9.59 Å². The largest absolute Gasteiger partial charge is 0.477 e. The molecule has 1 atom stereocenters. The Kier molecular flexibility index (Phi) is 6.68. The standard InChI is InChI=1S/C19H18F3NO5S/c1-4-12(10-5-7-11(8-6-10)19(20,21)22)15(24)23-16-13(18(27)28-3)9(2)14(29-16)17(25)26/h5-8,12H,4H2,1-3H3,(H,23,24)(H,25,26). The van der Waals surface area contributed by atoms with Gasteiger partial charge in [0, 0.05) is 0 Å². The number of esters is 1. The average Bonchev–Trinajstić information content (AvgIpc) is 2.97. The summed E-state index contributed by atoms with van der Waals surface area (Å²) in [5, 5.41) is 11.8. The Hall–Kier alpha value is -2.88. The van der Waals surface area contributed by atoms with Gasteiger partial charge in [0.2, 0.25) is 5.91 Å². The number of carboxylic acids is 1. The Morgan fingerprint density at radius 2 is 1.79 bits per heavy atom. The van der Waals surface area contributed by atoms with Crippen LogP contribution in [0, 0.1) is 6.92 Å². The van der Waals surface area contributed by atoms with E-state index in [4.69, 9.17) is 0 Å². The smallest absolute Gasteiger partial charge is 0.416 e. The average molecular weight is 429 g/mol. The van der Waals surface area contributed by atoms with Gasteiger partial charge in [0.05, 0.1) is 24.2 Å². The predicted molar refractivity (Wildman–Crippen MR) is 100 cm³/mol. The molecule has 6 nitrogen and oxygen atoms in total. The summed E-state index contributed by atoms with van der Waals surface area (Å²) in [7, 11) is 1.13. The van der Waals surface area contributed by atoms with Gasteiger partial charge in [0.25, 0.3) is 0 Å². The fraction of sp³-hybridized carbons (Fsp3) is 0.316. The maximum Gasteiger partial charge on any atom is 0.416 e. The van der Waals surface area contributed by atoms with Gasteiger partial charge in [0.1, 0.15) is 9.88 Å². The van der Waals surface area contributed by atoms with Crippen LogP contribution < -0.4 is 5.32 Å². The van der Waals surface area contributed by atoms with E-state index in [0.29, 0.717) is 16.9 Å². The summed E-state index contributed by atoms with van der Waals surface area (Å²) in [6.45, 7) is 3.11. The number of amides is 1. The monoisotopic (exact) mass is 429 g/mol. The van der Waals surface area contributed by atoms with Gasteiger partial charge in [-0.1, -0.05) is 19.1 Å². The van der Waals surface area contributed by atoms with E-state index < -0.39 is 35.5 Å². The molecule has 0 saturated carbocycles. The molecule has 1 aromatic heterocycles. The third kappa shape index (κ3) is 4.76. The summed E-state index contributed by atoms with van der Waals surface area (Å²) >= 11 is 0.714. The van der Waals surface area contributed by atoms with E-state index in [1.165, 1.54) is 19.1 Å². The lowest BCUT2D eigenvalue weighted by Gasteiger charge is -2.16. The molecule has 0 aliphatic rings. The second-order valence-electron chi connectivity index (χ2n) is 6.13. The summed E-state index contributed by atoms with van der Waals surface area (Å²) in [6, 6.07) is 4.23. The second-order valence-corrected chi connectivity index (χ2v) is 7.15. The van der Waals surface area contributed by atoms with Crippen molar-refractivity contribution in [1.29, 1.82) is 0 Å². The number of methoxy groups -OCH3 is 1. The number of benzene rings is 1. The van der Waals surface area contributed by atoms with Crippen LogP contribution in [0.1, 0.15) is 56.0 Å². The van der Waals surface area contributed by atoms with Crippen LogP contribution in [0.3, 0.4) is 0 Å². The molecule has 1 aromatic carbocycles. The Morgan fingerprint density at radius 3 is 2.24 bits per heavy atom. The van der Waals surface area contributed by atoms with Gasteiger partial charge >= 0.3 is 18.1 Å². The van der Waals surface area contributed by atoms with Crippen LogP contribution in [0.5, 0.6) is 0 Å². The molecule has 2 rings (SSSR count). The lowest BCUT2D eigenvalue weighted by molar-refractivity contribution is -0.137. The van der Waals surface area contributed by atoms with Crippen LogP contribution >= 0.6 is 11.3 Å². The zero-order valence-electron chi connectivity index (χ0n) is 15.7. The van der Waals surface area contributed by atoms with Crippen molar-refractivity contribution in [3.63, 3.8) is 0 Å². The number of hydrogen-bond donors (Lipinski definition) is 2. The van der Waals surface area contributed by atoms with Gasteiger partial charge in [-0.15, -0.1) is 11.3 Å². The van der Waals surface area contributed by atoms with Gasteiger partial charge < -0.3 is 15.2 Å². The number of carboxylic acid groups (broad SMARTS) is 1. The molecule has 2 aromatic rings. The molecule has 1 heterocycles. The van der Waals surface area contributed by atoms with E-state index in [-0.39, 0.29) is 27.4 Å². The molecule has 1 amide bonds. The SMILES string of the molecule is CCC(C(=O)Nc1sc(C(=O)O)c(C)c1C(=O)OC)c1ccc(C(F)(F)F)cc1. The first-order valence-electron chi connectivity index (χ1n) is 8.44. The van der Waals surface area contributed by atoms with Crippen molar-refractivity contribution in [2.75, 3.05) is 12.4 Å². The first-order chi connectivity index (χ1) is 13.5. The maximum atomic E-state index is 12.8. The number of thiophene rings is 1. The minimum atomic E-state index is -4.49. The molecular weight excluding hydrogens is 411 g/mol. The topological polar surface area (TPSA) is 92.7 Å². The number of aromatic carboxylic acids is 1. The van der Waals surface area contributed by atoms with E-state index >= 15 is 0 Å². The molecule has 10 heteroatoms. The Balaban J connectivity index is 2.36. The summed E-state index contributed by atoms with van der Waals surface area (Å²) < 4.78 is 42.9. The lowest BCUT2D eigenvalue weighted by atomic mass is 9.94. The number of nitrogens with one attached hydrogen (secondary N) is 1. The third-order valence-electron chi connectivity index (χ3n) is 4.33. The normalized spacial score (nSPS) is 12.3. The Bertz CT molecular complexity index is 935. The third-order valence-corrected chi connectivity index (χ3v) is 5.53. The number of anilines is 1. The van der Waals surface area contributed by atoms with E-state index in [2.05, 4.69) is 10.1 Å². The van der Waals surface area contributed by atoms with E-state index in [9.17, 15) is 32.7 Å². The van der Waals surface area contributed by atoms with Crippen LogP contribution in [0.15, 0.2) is 24.3 Å². The van der Waals surface area contributed by atoms with Crippen LogP contribution in [0.2, 0.25) is 0 Å². The number of carbonyl (C=O) groups excluding carboxylic acids is 2. The summed E-state index contributed by atoms with van der Waals surface area (Å²) in [4.78, 5) is 36.0. The first kappa shape index (κ1) is 22.4. The minimum absolute atomic E-state index is 0.0158. The number of alkyl halides is 3. The van der Waals surface area contributed by atoms with Crippen molar-refractivity contribution in [1.82, 2.24) is 0 Å². The molecule has 2 N–H and O–H groups in total. The van der Waals surface area contributed by atoms with Crippen LogP contribution in [-0.2, 0) is 15.7 Å². The lowest BCUT2D eigenvalue weighted by Crippen LogP contribution is -2.21. The predicted octanol–water partition coefficient (Wildman–Crippen LogP) is 4.69. The molecule has 1 unspecified atom stereocenters. The van der Waals surface area contributed by atoms with Crippen LogP contribution in [0.4, 0.5) is 18.2 Å². The fourth-order valence-electron chi connectivity index (χ4n) is 2.83. The molecule has 29 heavy (non-hydrogen) atoms. The maximum absolute atomic E-state index is 12.8. The number of halogens is 3. The van der Waals surface area contributed by atoms with Crippen molar-refractivity contribution in [2.45, 2.75) is 32.4 Å². The summed E-state index contributed by atoms with van der Waals surface area (Å²) in [5.41, 5.74) is -0.369. The highest BCUT2D eigenvalue weighted by Crippen LogP contribution is 2.35. The quantitative estimate of drug-likeness (QED) is 0.650. The highest BCUT2D eigenvalue weighted by Gasteiger charge is 2.31. The van der Waals surface area contributed by atoms with Crippen LogP contribution in [0.25, 0.3) is 0 Å². The zero-order chi connectivity index (χ0) is 21.9. The molecule has 0 aliphatic carbocycles. The van der Waals surface area contributed by atoms with Crippen molar-refractivity contribution < 1.29 is 37.4 Å². The fourth-order valence-corrected chi connectivity index (χ4v) is 3.87. The first-order valence-corrected chi connectivity index (χ1v) is 9.25.